The molecule has 0 amide bonds. The van der Waals surface area contributed by atoms with E-state index < -0.39 is 0 Å². The highest BCUT2D eigenvalue weighted by Crippen LogP contribution is 2.17. The Morgan fingerprint density at radius 2 is 2.24 bits per heavy atom. The highest BCUT2D eigenvalue weighted by atomic mass is 16.5. The molecular formula is C14H18O3. The lowest BCUT2D eigenvalue weighted by Gasteiger charge is -2.08. The van der Waals surface area contributed by atoms with Gasteiger partial charge in [-0.3, -0.25) is 0 Å². The van der Waals surface area contributed by atoms with Crippen LogP contribution in [-0.2, 0) is 16.0 Å². The summed E-state index contributed by atoms with van der Waals surface area (Å²) < 4.78 is 4.57. The van der Waals surface area contributed by atoms with Crippen LogP contribution in [0.1, 0.15) is 23.1 Å². The number of benzene rings is 1. The van der Waals surface area contributed by atoms with Crippen LogP contribution < -0.4 is 0 Å². The summed E-state index contributed by atoms with van der Waals surface area (Å²) >= 11 is 0. The van der Waals surface area contributed by atoms with Gasteiger partial charge in [-0.05, 0) is 42.5 Å². The summed E-state index contributed by atoms with van der Waals surface area (Å²) in [4.78, 5) is 11.1. The number of methoxy groups -OCH3 is 1. The van der Waals surface area contributed by atoms with Crippen molar-refractivity contribution in [2.45, 2.75) is 19.8 Å². The zero-order chi connectivity index (χ0) is 12.7. The molecule has 0 aliphatic heterocycles. The summed E-state index contributed by atoms with van der Waals surface area (Å²) in [7, 11) is 1.36. The van der Waals surface area contributed by atoms with Crippen LogP contribution in [0.5, 0.6) is 0 Å². The second-order valence-electron chi connectivity index (χ2n) is 3.83. The first-order chi connectivity index (χ1) is 8.19. The van der Waals surface area contributed by atoms with Crippen molar-refractivity contribution >= 4 is 12.0 Å². The van der Waals surface area contributed by atoms with Crippen molar-refractivity contribution in [3.8, 4) is 0 Å². The van der Waals surface area contributed by atoms with E-state index in [2.05, 4.69) is 4.74 Å². The quantitative estimate of drug-likeness (QED) is 0.627. The Labute approximate surface area is 102 Å². The largest absolute Gasteiger partial charge is 0.466 e. The maximum Gasteiger partial charge on any atom is 0.330 e. The predicted molar refractivity (Wildman–Crippen MR) is 67.6 cm³/mol. The van der Waals surface area contributed by atoms with Crippen LogP contribution in [0.15, 0.2) is 24.3 Å². The molecule has 92 valence electrons. The lowest BCUT2D eigenvalue weighted by Crippen LogP contribution is -1.97. The third kappa shape index (κ3) is 4.04. The molecule has 0 radical (unpaired) electrons. The van der Waals surface area contributed by atoms with Crippen LogP contribution in [-0.4, -0.2) is 24.8 Å². The Morgan fingerprint density at radius 1 is 1.47 bits per heavy atom. The summed E-state index contributed by atoms with van der Waals surface area (Å²) in [6.07, 6.45) is 4.72. The molecule has 1 aromatic rings. The van der Waals surface area contributed by atoms with Crippen molar-refractivity contribution in [2.24, 2.45) is 0 Å². The fourth-order valence-electron chi connectivity index (χ4n) is 1.69. The molecule has 0 spiro atoms. The van der Waals surface area contributed by atoms with E-state index in [0.717, 1.165) is 29.5 Å². The van der Waals surface area contributed by atoms with E-state index in [-0.39, 0.29) is 12.6 Å². The molecule has 3 heteroatoms. The van der Waals surface area contributed by atoms with Gasteiger partial charge in [-0.2, -0.15) is 0 Å². The van der Waals surface area contributed by atoms with E-state index in [9.17, 15) is 4.79 Å². The molecular weight excluding hydrogens is 216 g/mol. The molecule has 0 aliphatic carbocycles. The second kappa shape index (κ2) is 6.86. The van der Waals surface area contributed by atoms with Crippen LogP contribution >= 0.6 is 0 Å². The average molecular weight is 234 g/mol. The average Bonchev–Trinajstić information content (AvgIpc) is 2.34. The molecule has 1 rings (SSSR count). The molecule has 0 atom stereocenters. The summed E-state index contributed by atoms with van der Waals surface area (Å²) in [6.45, 7) is 2.17. The number of hydrogen-bond acceptors (Lipinski definition) is 3. The van der Waals surface area contributed by atoms with Crippen molar-refractivity contribution in [3.05, 3.63) is 41.0 Å². The summed E-state index contributed by atoms with van der Waals surface area (Å²) in [5.74, 6) is -0.360. The predicted octanol–water partition coefficient (Wildman–Crippen LogP) is 2.11. The first-order valence-electron chi connectivity index (χ1n) is 5.64. The molecule has 0 fully saturated rings. The number of carbonyl (C=O) groups is 1. The van der Waals surface area contributed by atoms with Crippen molar-refractivity contribution < 1.29 is 14.6 Å². The first kappa shape index (κ1) is 13.5. The van der Waals surface area contributed by atoms with Gasteiger partial charge in [-0.1, -0.05) is 18.2 Å². The molecule has 0 heterocycles. The van der Waals surface area contributed by atoms with Crippen LogP contribution in [0.3, 0.4) is 0 Å². The van der Waals surface area contributed by atoms with Crippen molar-refractivity contribution in [1.82, 2.24) is 0 Å². The number of esters is 1. The molecule has 0 saturated carbocycles. The molecule has 3 nitrogen and oxygen atoms in total. The highest BCUT2D eigenvalue weighted by Gasteiger charge is 2.03. The number of aryl methyl sites for hydroxylation is 2. The van der Waals surface area contributed by atoms with E-state index >= 15 is 0 Å². The smallest absolute Gasteiger partial charge is 0.330 e. The van der Waals surface area contributed by atoms with E-state index in [1.54, 1.807) is 6.08 Å². The number of aliphatic hydroxyl groups excluding tert-OH is 1. The van der Waals surface area contributed by atoms with Gasteiger partial charge in [0.15, 0.2) is 0 Å². The minimum absolute atomic E-state index is 0.175. The van der Waals surface area contributed by atoms with Crippen LogP contribution in [0.2, 0.25) is 0 Å². The monoisotopic (exact) mass is 234 g/mol. The van der Waals surface area contributed by atoms with Gasteiger partial charge >= 0.3 is 5.97 Å². The Morgan fingerprint density at radius 3 is 2.88 bits per heavy atom. The van der Waals surface area contributed by atoms with Crippen LogP contribution in [0.25, 0.3) is 6.08 Å². The van der Waals surface area contributed by atoms with E-state index in [0.29, 0.717) is 0 Å². The van der Waals surface area contributed by atoms with E-state index in [1.807, 2.05) is 25.1 Å². The standard InChI is InChI=1S/C14H18O3/c1-11-5-3-6-12(7-4-10-15)13(11)8-9-14(16)17-2/h3,5-6,8-9,15H,4,7,10H2,1-2H3/b9-8+. The zero-order valence-electron chi connectivity index (χ0n) is 10.3. The fraction of sp³-hybridized carbons (Fsp3) is 0.357. The summed E-state index contributed by atoms with van der Waals surface area (Å²) in [6, 6.07) is 6.00. The Hall–Kier alpha value is -1.61. The van der Waals surface area contributed by atoms with Crippen LogP contribution in [0, 0.1) is 6.92 Å². The minimum Gasteiger partial charge on any atom is -0.466 e. The number of ether oxygens (including phenoxy) is 1. The van der Waals surface area contributed by atoms with Gasteiger partial charge in [0.25, 0.3) is 0 Å². The Bertz CT molecular complexity index is 408. The minimum atomic E-state index is -0.360. The maximum absolute atomic E-state index is 11.1. The van der Waals surface area contributed by atoms with Gasteiger partial charge in [0.05, 0.1) is 7.11 Å². The Balaban J connectivity index is 2.94. The molecule has 1 aromatic carbocycles. The zero-order valence-corrected chi connectivity index (χ0v) is 10.3. The lowest BCUT2D eigenvalue weighted by atomic mass is 9.98. The van der Waals surface area contributed by atoms with Crippen molar-refractivity contribution in [2.75, 3.05) is 13.7 Å². The van der Waals surface area contributed by atoms with Crippen LogP contribution in [0.4, 0.5) is 0 Å². The Kier molecular flexibility index (Phi) is 5.43. The SMILES string of the molecule is COC(=O)/C=C/c1c(C)cccc1CCCO. The number of aliphatic hydroxyl groups is 1. The van der Waals surface area contributed by atoms with Gasteiger partial charge in [0, 0.05) is 12.7 Å². The molecule has 0 aromatic heterocycles. The van der Waals surface area contributed by atoms with Crippen molar-refractivity contribution in [1.29, 1.82) is 0 Å². The normalized spacial score (nSPS) is 10.8. The molecule has 1 N–H and O–H groups in total. The number of carbonyl (C=O) groups excluding carboxylic acids is 1. The van der Waals surface area contributed by atoms with E-state index in [1.165, 1.54) is 13.2 Å². The summed E-state index contributed by atoms with van der Waals surface area (Å²) in [5.41, 5.74) is 3.28. The van der Waals surface area contributed by atoms with Gasteiger partial charge in [-0.15, -0.1) is 0 Å². The van der Waals surface area contributed by atoms with Crippen molar-refractivity contribution in [3.63, 3.8) is 0 Å². The summed E-state index contributed by atoms with van der Waals surface area (Å²) in [5, 5.41) is 8.85. The topological polar surface area (TPSA) is 46.5 Å². The maximum atomic E-state index is 11.1. The first-order valence-corrected chi connectivity index (χ1v) is 5.64. The second-order valence-corrected chi connectivity index (χ2v) is 3.83. The van der Waals surface area contributed by atoms with Gasteiger partial charge in [-0.25, -0.2) is 4.79 Å². The highest BCUT2D eigenvalue weighted by molar-refractivity contribution is 5.87. The third-order valence-corrected chi connectivity index (χ3v) is 2.61. The molecule has 0 bridgehead atoms. The van der Waals surface area contributed by atoms with Gasteiger partial charge in [0.2, 0.25) is 0 Å². The molecule has 0 unspecified atom stereocenters. The molecule has 17 heavy (non-hydrogen) atoms. The van der Waals surface area contributed by atoms with Gasteiger partial charge in [0.1, 0.15) is 0 Å². The van der Waals surface area contributed by atoms with E-state index in [4.69, 9.17) is 5.11 Å². The molecule has 0 saturated heterocycles. The number of rotatable bonds is 5. The van der Waals surface area contributed by atoms with Gasteiger partial charge < -0.3 is 9.84 Å². The fourth-order valence-corrected chi connectivity index (χ4v) is 1.69. The lowest BCUT2D eigenvalue weighted by molar-refractivity contribution is -0.134. The third-order valence-electron chi connectivity index (χ3n) is 2.61. The molecule has 0 aliphatic rings. The number of hydrogen-bond donors (Lipinski definition) is 1.